The maximum Gasteiger partial charge on any atom is 0.257 e. The van der Waals surface area contributed by atoms with Crippen LogP contribution < -0.4 is 16.0 Å². The van der Waals surface area contributed by atoms with Crippen molar-refractivity contribution in [2.24, 2.45) is 5.92 Å². The van der Waals surface area contributed by atoms with E-state index in [2.05, 4.69) is 16.0 Å². The monoisotopic (exact) mass is 449 g/mol. The quantitative estimate of drug-likeness (QED) is 0.599. The van der Waals surface area contributed by atoms with Gasteiger partial charge in [-0.15, -0.1) is 0 Å². The van der Waals surface area contributed by atoms with Gasteiger partial charge in [-0.3, -0.25) is 14.4 Å². The molecule has 0 spiro atoms. The zero-order valence-corrected chi connectivity index (χ0v) is 17.7. The van der Waals surface area contributed by atoms with E-state index in [1.807, 2.05) is 0 Å². The average molecular weight is 450 g/mol. The Bertz CT molecular complexity index is 1000. The third-order valence-electron chi connectivity index (χ3n) is 4.82. The summed E-state index contributed by atoms with van der Waals surface area (Å²) in [5, 5.41) is 7.98. The fourth-order valence-electron chi connectivity index (χ4n) is 2.95. The maximum atomic E-state index is 13.9. The van der Waals surface area contributed by atoms with Crippen molar-refractivity contribution in [3.63, 3.8) is 0 Å². The molecule has 0 radical (unpaired) electrons. The van der Waals surface area contributed by atoms with Gasteiger partial charge in [0, 0.05) is 11.7 Å². The summed E-state index contributed by atoms with van der Waals surface area (Å²) in [6, 6.07) is 6.62. The summed E-state index contributed by atoms with van der Waals surface area (Å²) in [6.07, 6.45) is 1.88. The highest BCUT2D eigenvalue weighted by atomic mass is 35.5. The molecule has 3 rings (SSSR count). The van der Waals surface area contributed by atoms with Crippen LogP contribution in [0.1, 0.15) is 47.4 Å². The van der Waals surface area contributed by atoms with Crippen molar-refractivity contribution in [2.45, 2.75) is 38.8 Å². The smallest absolute Gasteiger partial charge is 0.257 e. The van der Waals surface area contributed by atoms with Gasteiger partial charge >= 0.3 is 0 Å². The topological polar surface area (TPSA) is 87.3 Å². The van der Waals surface area contributed by atoms with Gasteiger partial charge in [0.05, 0.1) is 10.6 Å². The zero-order valence-electron chi connectivity index (χ0n) is 17.0. The first kappa shape index (κ1) is 22.7. The van der Waals surface area contributed by atoms with Gasteiger partial charge in [-0.05, 0) is 49.1 Å². The molecule has 2 aromatic rings. The SMILES string of the molecule is CC(C)C(NC(=O)c1c(F)cccc1F)C(=O)Nc1ccc(C(=O)NC2CC2)c(Cl)c1. The number of benzene rings is 2. The molecule has 1 aliphatic carbocycles. The van der Waals surface area contributed by atoms with E-state index >= 15 is 0 Å². The summed E-state index contributed by atoms with van der Waals surface area (Å²) in [5.41, 5.74) is -0.153. The van der Waals surface area contributed by atoms with Gasteiger partial charge in [-0.25, -0.2) is 8.78 Å². The first-order chi connectivity index (χ1) is 14.7. The molecule has 0 saturated heterocycles. The van der Waals surface area contributed by atoms with Crippen LogP contribution in [0.3, 0.4) is 0 Å². The average Bonchev–Trinajstić information content (AvgIpc) is 3.49. The first-order valence-electron chi connectivity index (χ1n) is 9.83. The molecule has 1 saturated carbocycles. The Morgan fingerprint density at radius 1 is 1.03 bits per heavy atom. The lowest BCUT2D eigenvalue weighted by Crippen LogP contribution is -2.47. The second-order valence-electron chi connectivity index (χ2n) is 7.72. The van der Waals surface area contributed by atoms with Gasteiger partial charge in [-0.1, -0.05) is 31.5 Å². The molecule has 0 aliphatic heterocycles. The minimum Gasteiger partial charge on any atom is -0.349 e. The Morgan fingerprint density at radius 3 is 2.23 bits per heavy atom. The predicted molar refractivity (Wildman–Crippen MR) is 113 cm³/mol. The Morgan fingerprint density at radius 2 is 1.68 bits per heavy atom. The van der Waals surface area contributed by atoms with Crippen molar-refractivity contribution in [3.8, 4) is 0 Å². The van der Waals surface area contributed by atoms with Crippen LogP contribution in [0.2, 0.25) is 5.02 Å². The van der Waals surface area contributed by atoms with E-state index in [1.54, 1.807) is 13.8 Å². The van der Waals surface area contributed by atoms with E-state index in [4.69, 9.17) is 11.6 Å². The van der Waals surface area contributed by atoms with Crippen molar-refractivity contribution < 1.29 is 23.2 Å². The number of amides is 3. The van der Waals surface area contributed by atoms with Crippen molar-refractivity contribution >= 4 is 35.0 Å². The van der Waals surface area contributed by atoms with Gasteiger partial charge < -0.3 is 16.0 Å². The molecule has 6 nitrogen and oxygen atoms in total. The van der Waals surface area contributed by atoms with E-state index in [0.717, 1.165) is 31.0 Å². The summed E-state index contributed by atoms with van der Waals surface area (Å²) in [5.74, 6) is -4.33. The van der Waals surface area contributed by atoms with Crippen LogP contribution >= 0.6 is 11.6 Å². The fourth-order valence-corrected chi connectivity index (χ4v) is 3.22. The standard InChI is InChI=1S/C22H22ClF2N3O3/c1-11(2)19(28-21(30)18-16(24)4-3-5-17(18)25)22(31)27-13-8-9-14(15(23)10-13)20(29)26-12-6-7-12/h3-5,8-12,19H,6-7H2,1-2H3,(H,26,29)(H,27,31)(H,28,30). The van der Waals surface area contributed by atoms with Gasteiger partial charge in [0.25, 0.3) is 11.8 Å². The summed E-state index contributed by atoms with van der Waals surface area (Å²) >= 11 is 6.19. The van der Waals surface area contributed by atoms with Crippen molar-refractivity contribution in [2.75, 3.05) is 5.32 Å². The van der Waals surface area contributed by atoms with Crippen LogP contribution in [0, 0.1) is 17.6 Å². The van der Waals surface area contributed by atoms with Crippen molar-refractivity contribution in [1.29, 1.82) is 0 Å². The first-order valence-corrected chi connectivity index (χ1v) is 10.2. The molecule has 0 bridgehead atoms. The Balaban J connectivity index is 1.71. The molecule has 1 atom stereocenters. The van der Waals surface area contributed by atoms with Gasteiger partial charge in [0.2, 0.25) is 5.91 Å². The lowest BCUT2D eigenvalue weighted by molar-refractivity contribution is -0.118. The van der Waals surface area contributed by atoms with Gasteiger partial charge in [0.1, 0.15) is 23.2 Å². The molecule has 9 heteroatoms. The summed E-state index contributed by atoms with van der Waals surface area (Å²) < 4.78 is 27.8. The molecule has 0 heterocycles. The minimum absolute atomic E-state index is 0.162. The molecular weight excluding hydrogens is 428 g/mol. The molecule has 3 amide bonds. The Kier molecular flexibility index (Phi) is 6.90. The number of anilines is 1. The van der Waals surface area contributed by atoms with E-state index in [1.165, 1.54) is 18.2 Å². The summed E-state index contributed by atoms with van der Waals surface area (Å²) in [4.78, 5) is 37.3. The summed E-state index contributed by atoms with van der Waals surface area (Å²) in [7, 11) is 0. The second-order valence-corrected chi connectivity index (χ2v) is 8.13. The normalized spacial score (nSPS) is 14.1. The highest BCUT2D eigenvalue weighted by molar-refractivity contribution is 6.34. The van der Waals surface area contributed by atoms with Crippen LogP contribution in [-0.4, -0.2) is 29.8 Å². The molecule has 0 aromatic heterocycles. The number of carbonyl (C=O) groups excluding carboxylic acids is 3. The van der Waals surface area contributed by atoms with E-state index in [9.17, 15) is 23.2 Å². The number of carbonyl (C=O) groups is 3. The molecule has 2 aromatic carbocycles. The van der Waals surface area contributed by atoms with Crippen LogP contribution in [0.5, 0.6) is 0 Å². The Hall–Kier alpha value is -3.00. The minimum atomic E-state index is -1.07. The molecule has 31 heavy (non-hydrogen) atoms. The Labute approximate surface area is 183 Å². The third-order valence-corrected chi connectivity index (χ3v) is 5.13. The molecular formula is C22H22ClF2N3O3. The maximum absolute atomic E-state index is 13.9. The molecule has 1 unspecified atom stereocenters. The van der Waals surface area contributed by atoms with Crippen LogP contribution in [0.25, 0.3) is 0 Å². The lowest BCUT2D eigenvalue weighted by Gasteiger charge is -2.22. The van der Waals surface area contributed by atoms with Gasteiger partial charge in [0.15, 0.2) is 0 Å². The molecule has 1 fully saturated rings. The van der Waals surface area contributed by atoms with E-state index in [-0.39, 0.29) is 28.5 Å². The van der Waals surface area contributed by atoms with Crippen LogP contribution in [-0.2, 0) is 4.79 Å². The highest BCUT2D eigenvalue weighted by Crippen LogP contribution is 2.24. The van der Waals surface area contributed by atoms with E-state index in [0.29, 0.717) is 5.69 Å². The second kappa shape index (κ2) is 9.43. The van der Waals surface area contributed by atoms with Crippen LogP contribution in [0.15, 0.2) is 36.4 Å². The van der Waals surface area contributed by atoms with Crippen molar-refractivity contribution in [1.82, 2.24) is 10.6 Å². The largest absolute Gasteiger partial charge is 0.349 e. The highest BCUT2D eigenvalue weighted by Gasteiger charge is 2.28. The number of rotatable bonds is 7. The molecule has 3 N–H and O–H groups in total. The van der Waals surface area contributed by atoms with Crippen LogP contribution in [0.4, 0.5) is 14.5 Å². The summed E-state index contributed by atoms with van der Waals surface area (Å²) in [6.45, 7) is 3.36. The third kappa shape index (κ3) is 5.58. The zero-order chi connectivity index (χ0) is 22.7. The van der Waals surface area contributed by atoms with Crippen molar-refractivity contribution in [3.05, 3.63) is 64.2 Å². The number of hydrogen-bond donors (Lipinski definition) is 3. The fraction of sp³-hybridized carbons (Fsp3) is 0.318. The molecule has 1 aliphatic rings. The van der Waals surface area contributed by atoms with Gasteiger partial charge in [-0.2, -0.15) is 0 Å². The number of nitrogens with one attached hydrogen (secondary N) is 3. The predicted octanol–water partition coefficient (Wildman–Crippen LogP) is 3.90. The number of hydrogen-bond acceptors (Lipinski definition) is 3. The lowest BCUT2D eigenvalue weighted by atomic mass is 10.0. The molecule has 164 valence electrons. The number of halogens is 3. The van der Waals surface area contributed by atoms with E-state index < -0.39 is 35.1 Å².